The highest BCUT2D eigenvalue weighted by Gasteiger charge is 2.58. The fraction of sp³-hybridized carbons (Fsp3) is 0.778. The van der Waals surface area contributed by atoms with Crippen molar-refractivity contribution in [3.05, 3.63) is 11.3 Å². The number of hydrogen-bond acceptors (Lipinski definition) is 2. The Hall–Kier alpha value is -1.32. The van der Waals surface area contributed by atoms with Gasteiger partial charge < -0.3 is 10.2 Å². The standard InChI is InChI=1S/C18H26N2O2/c1-11-8-13-9-16-15(5-6-17(22)19-16)18(10-11)14(13)4-3-7-20(18)12(2)21/h11,13-14H,3-10H2,1-2H3,(H,19,22)/t11-,13+,14-,18-/m0/s1. The molecule has 4 heteroatoms. The Morgan fingerprint density at radius 3 is 2.95 bits per heavy atom. The first-order valence-corrected chi connectivity index (χ1v) is 8.83. The third-order valence-electron chi connectivity index (χ3n) is 6.55. The number of rotatable bonds is 0. The first-order valence-electron chi connectivity index (χ1n) is 8.83. The van der Waals surface area contributed by atoms with E-state index in [2.05, 4.69) is 17.1 Å². The first-order chi connectivity index (χ1) is 10.5. The normalized spacial score (nSPS) is 40.7. The number of piperidine rings is 1. The highest BCUT2D eigenvalue weighted by atomic mass is 16.2. The van der Waals surface area contributed by atoms with Crippen LogP contribution in [0.25, 0.3) is 0 Å². The molecule has 4 atom stereocenters. The highest BCUT2D eigenvalue weighted by molar-refractivity contribution is 5.81. The van der Waals surface area contributed by atoms with Crippen LogP contribution in [0.4, 0.5) is 0 Å². The topological polar surface area (TPSA) is 49.4 Å². The van der Waals surface area contributed by atoms with Crippen LogP contribution in [-0.4, -0.2) is 28.8 Å². The van der Waals surface area contributed by atoms with E-state index in [1.807, 2.05) is 0 Å². The lowest BCUT2D eigenvalue weighted by Crippen LogP contribution is -2.67. The summed E-state index contributed by atoms with van der Waals surface area (Å²) in [6.45, 7) is 4.95. The van der Waals surface area contributed by atoms with Crippen molar-refractivity contribution in [2.75, 3.05) is 6.54 Å². The molecule has 2 aliphatic carbocycles. The van der Waals surface area contributed by atoms with Gasteiger partial charge in [-0.05, 0) is 61.9 Å². The number of amides is 2. The number of likely N-dealkylation sites (tertiary alicyclic amines) is 1. The second-order valence-electron chi connectivity index (χ2n) is 7.86. The van der Waals surface area contributed by atoms with Crippen molar-refractivity contribution in [3.63, 3.8) is 0 Å². The molecule has 0 unspecified atom stereocenters. The molecule has 2 amide bonds. The van der Waals surface area contributed by atoms with Gasteiger partial charge in [-0.15, -0.1) is 0 Å². The van der Waals surface area contributed by atoms with E-state index in [9.17, 15) is 9.59 Å². The van der Waals surface area contributed by atoms with Crippen LogP contribution in [0.2, 0.25) is 0 Å². The molecule has 22 heavy (non-hydrogen) atoms. The summed E-state index contributed by atoms with van der Waals surface area (Å²) < 4.78 is 0. The summed E-state index contributed by atoms with van der Waals surface area (Å²) in [5.74, 6) is 2.26. The van der Waals surface area contributed by atoms with Crippen LogP contribution in [0.15, 0.2) is 11.3 Å². The fourth-order valence-electron chi connectivity index (χ4n) is 6.07. The molecule has 2 fully saturated rings. The van der Waals surface area contributed by atoms with Gasteiger partial charge in [0.25, 0.3) is 0 Å². The monoisotopic (exact) mass is 302 g/mol. The van der Waals surface area contributed by atoms with Gasteiger partial charge in [-0.3, -0.25) is 9.59 Å². The van der Waals surface area contributed by atoms with Crippen LogP contribution in [0.1, 0.15) is 58.8 Å². The van der Waals surface area contributed by atoms with Crippen LogP contribution in [0.5, 0.6) is 0 Å². The van der Waals surface area contributed by atoms with Gasteiger partial charge in [0.15, 0.2) is 0 Å². The van der Waals surface area contributed by atoms with E-state index in [0.29, 0.717) is 24.2 Å². The highest BCUT2D eigenvalue weighted by Crippen LogP contribution is 2.58. The summed E-state index contributed by atoms with van der Waals surface area (Å²) >= 11 is 0. The van der Waals surface area contributed by atoms with Gasteiger partial charge in [-0.25, -0.2) is 0 Å². The predicted octanol–water partition coefficient (Wildman–Crippen LogP) is 2.60. The maximum Gasteiger partial charge on any atom is 0.224 e. The van der Waals surface area contributed by atoms with E-state index in [1.165, 1.54) is 18.4 Å². The Kier molecular flexibility index (Phi) is 3.14. The number of allylic oxidation sites excluding steroid dienone is 1. The molecule has 1 saturated heterocycles. The molecule has 0 aromatic rings. The molecule has 0 aromatic heterocycles. The molecular formula is C18H26N2O2. The molecule has 1 N–H and O–H groups in total. The average Bonchev–Trinajstić information content (AvgIpc) is 2.45. The van der Waals surface area contributed by atoms with Crippen molar-refractivity contribution in [1.29, 1.82) is 0 Å². The van der Waals surface area contributed by atoms with Gasteiger partial charge in [0, 0.05) is 25.6 Å². The van der Waals surface area contributed by atoms with E-state index in [0.717, 1.165) is 37.9 Å². The third-order valence-corrected chi connectivity index (χ3v) is 6.55. The van der Waals surface area contributed by atoms with E-state index in [1.54, 1.807) is 6.92 Å². The van der Waals surface area contributed by atoms with Gasteiger partial charge in [-0.2, -0.15) is 0 Å². The minimum atomic E-state index is -0.0896. The fourth-order valence-corrected chi connectivity index (χ4v) is 6.07. The molecule has 2 bridgehead atoms. The van der Waals surface area contributed by atoms with E-state index < -0.39 is 0 Å². The van der Waals surface area contributed by atoms with E-state index in [4.69, 9.17) is 0 Å². The van der Waals surface area contributed by atoms with Gasteiger partial charge in [-0.1, -0.05) is 6.92 Å². The number of carbonyl (C=O) groups is 2. The lowest BCUT2D eigenvalue weighted by Gasteiger charge is -2.62. The summed E-state index contributed by atoms with van der Waals surface area (Å²) in [6, 6.07) is 0. The third kappa shape index (κ3) is 1.82. The van der Waals surface area contributed by atoms with Crippen LogP contribution in [0, 0.1) is 17.8 Å². The van der Waals surface area contributed by atoms with Crippen molar-refractivity contribution < 1.29 is 9.59 Å². The van der Waals surface area contributed by atoms with Gasteiger partial charge in [0.1, 0.15) is 0 Å². The summed E-state index contributed by atoms with van der Waals surface area (Å²) in [7, 11) is 0. The Balaban J connectivity index is 1.88. The molecule has 0 radical (unpaired) electrons. The van der Waals surface area contributed by atoms with E-state index >= 15 is 0 Å². The van der Waals surface area contributed by atoms with Crippen molar-refractivity contribution >= 4 is 11.8 Å². The summed E-state index contributed by atoms with van der Waals surface area (Å²) in [6.07, 6.45) is 7.15. The lowest BCUT2D eigenvalue weighted by molar-refractivity contribution is -0.146. The van der Waals surface area contributed by atoms with Crippen LogP contribution >= 0.6 is 0 Å². The van der Waals surface area contributed by atoms with Crippen molar-refractivity contribution in [1.82, 2.24) is 10.2 Å². The van der Waals surface area contributed by atoms with Gasteiger partial charge in [0.2, 0.25) is 11.8 Å². The summed E-state index contributed by atoms with van der Waals surface area (Å²) in [5, 5.41) is 3.15. The van der Waals surface area contributed by atoms with Crippen molar-refractivity contribution in [2.45, 2.75) is 64.3 Å². The van der Waals surface area contributed by atoms with Gasteiger partial charge >= 0.3 is 0 Å². The Labute approximate surface area is 132 Å². The molecule has 4 nitrogen and oxygen atoms in total. The zero-order chi connectivity index (χ0) is 15.5. The predicted molar refractivity (Wildman–Crippen MR) is 83.7 cm³/mol. The quantitative estimate of drug-likeness (QED) is 0.748. The summed E-state index contributed by atoms with van der Waals surface area (Å²) in [4.78, 5) is 26.4. The zero-order valence-corrected chi connectivity index (χ0v) is 13.7. The van der Waals surface area contributed by atoms with Crippen LogP contribution in [0.3, 0.4) is 0 Å². The van der Waals surface area contributed by atoms with Gasteiger partial charge in [0.05, 0.1) is 5.54 Å². The Morgan fingerprint density at radius 1 is 1.36 bits per heavy atom. The maximum absolute atomic E-state index is 12.4. The molecule has 0 aromatic carbocycles. The van der Waals surface area contributed by atoms with Crippen LogP contribution < -0.4 is 5.32 Å². The Morgan fingerprint density at radius 2 is 2.18 bits per heavy atom. The molecule has 4 aliphatic rings. The molecule has 120 valence electrons. The largest absolute Gasteiger partial charge is 0.333 e. The average molecular weight is 302 g/mol. The maximum atomic E-state index is 12.4. The first kappa shape index (κ1) is 14.3. The van der Waals surface area contributed by atoms with Crippen LogP contribution in [-0.2, 0) is 9.59 Å². The molecule has 2 heterocycles. The second-order valence-corrected chi connectivity index (χ2v) is 7.86. The molecular weight excluding hydrogens is 276 g/mol. The lowest BCUT2D eigenvalue weighted by atomic mass is 9.52. The number of nitrogens with zero attached hydrogens (tertiary/aromatic N) is 1. The van der Waals surface area contributed by atoms with Crippen molar-refractivity contribution in [2.24, 2.45) is 17.8 Å². The van der Waals surface area contributed by atoms with E-state index in [-0.39, 0.29) is 17.4 Å². The minimum absolute atomic E-state index is 0.0896. The molecule has 2 aliphatic heterocycles. The van der Waals surface area contributed by atoms with Crippen molar-refractivity contribution in [3.8, 4) is 0 Å². The molecule has 4 rings (SSSR count). The number of nitrogens with one attached hydrogen (secondary N) is 1. The smallest absolute Gasteiger partial charge is 0.224 e. The molecule has 0 spiro atoms. The molecule has 1 saturated carbocycles. The zero-order valence-electron chi connectivity index (χ0n) is 13.7. The SMILES string of the molecule is CC(=O)N1CCC[C@H]2[C@H]3CC4=C(CCC(=O)N4)[C@]21C[C@@H](C)C3. The number of carbonyl (C=O) groups excluding carboxylic acids is 2. The minimum Gasteiger partial charge on any atom is -0.333 e. The second kappa shape index (κ2) is 4.84. The Bertz CT molecular complexity index is 567. The number of hydrogen-bond donors (Lipinski definition) is 1. The summed E-state index contributed by atoms with van der Waals surface area (Å²) in [5.41, 5.74) is 2.47.